The molecule has 0 N–H and O–H groups in total. The van der Waals surface area contributed by atoms with Gasteiger partial charge in [0.25, 0.3) is 0 Å². The monoisotopic (exact) mass is 156 g/mol. The van der Waals surface area contributed by atoms with Gasteiger partial charge in [-0.25, -0.2) is 0 Å². The van der Waals surface area contributed by atoms with Gasteiger partial charge < -0.3 is 35.3 Å². The number of hydrogen-bond acceptors (Lipinski definition) is 1. The van der Waals surface area contributed by atoms with Crippen molar-refractivity contribution in [3.63, 3.8) is 0 Å². The number of nitroso groups, excluding NO2 is 1. The first-order chi connectivity index (χ1) is 1.00. The molecule has 0 rings (SSSR count). The molecule has 0 spiro atoms. The Balaban J connectivity index is -0.00000000167. The Morgan fingerprint density at radius 1 is 1.00 bits per heavy atom. The molecule has 0 heterocycles. The second-order valence-corrected chi connectivity index (χ2v) is 0. The van der Waals surface area contributed by atoms with E-state index in [1.54, 1.807) is 0 Å². The molecule has 0 saturated heterocycles. The van der Waals surface area contributed by atoms with E-state index in [1.165, 1.54) is 0 Å². The predicted octanol–water partition coefficient (Wildman–Crippen LogP) is -5.67. The third-order valence-electron chi connectivity index (χ3n) is 0. The van der Waals surface area contributed by atoms with E-state index >= 15 is 0 Å². The molecule has 0 saturated carbocycles. The second kappa shape index (κ2) is 131. The van der Waals surface area contributed by atoms with Crippen molar-refractivity contribution in [3.05, 3.63) is 10.5 Å². The van der Waals surface area contributed by atoms with Gasteiger partial charge in [-0.1, -0.05) is 0 Å². The average Bonchev–Trinajstić information content (AvgIpc) is 1.00. The van der Waals surface area contributed by atoms with Crippen LogP contribution in [0.4, 0.5) is 0 Å². The van der Waals surface area contributed by atoms with Crippen molar-refractivity contribution in [3.8, 4) is 0 Å². The van der Waals surface area contributed by atoms with Crippen LogP contribution in [0, 0.1) is 4.91 Å². The van der Waals surface area contributed by atoms with Crippen molar-refractivity contribution < 1.29 is 41.9 Å². The van der Waals surface area contributed by atoms with Crippen molar-refractivity contribution in [1.29, 1.82) is 0 Å². The summed E-state index contributed by atoms with van der Waals surface area (Å²) in [5.74, 6) is 0. The largest absolute Gasteiger partial charge is 3.00 e. The molecule has 0 bridgehead atoms. The molecule has 5 heavy (non-hydrogen) atoms. The van der Waals surface area contributed by atoms with Gasteiger partial charge in [-0.2, -0.15) is 0 Å². The van der Waals surface area contributed by atoms with Crippen LogP contribution in [0.15, 0.2) is 0 Å². The van der Waals surface area contributed by atoms with E-state index < -0.39 is 0 Å². The summed E-state index contributed by atoms with van der Waals surface area (Å²) >= 11 is 0. The van der Waals surface area contributed by atoms with Gasteiger partial charge in [0.15, 0.2) is 0 Å². The Bertz CT molecular complexity index is 9.61. The van der Waals surface area contributed by atoms with E-state index in [2.05, 4.69) is 0 Å². The zero-order chi connectivity index (χ0) is 2.00. The van der Waals surface area contributed by atoms with Crippen LogP contribution in [-0.2, 0) is 17.1 Å². The van der Waals surface area contributed by atoms with Crippen LogP contribution in [0.25, 0.3) is 5.59 Å². The van der Waals surface area contributed by atoms with Crippen molar-refractivity contribution in [2.75, 3.05) is 0 Å². The van der Waals surface area contributed by atoms with E-state index in [-0.39, 0.29) is 41.9 Å². The molecule has 0 fully saturated rings. The molecule has 0 aromatic heterocycles. The molecule has 1 radical (unpaired) electrons. The Morgan fingerprint density at radius 3 is 1.00 bits per heavy atom. The average molecular weight is 157 g/mol. The maximum atomic E-state index is 7.25. The first kappa shape index (κ1) is 43.6. The normalized spacial score (nSPS) is 0.800. The van der Waals surface area contributed by atoms with E-state index in [0.29, 0.717) is 0 Å². The van der Waals surface area contributed by atoms with Crippen LogP contribution in [0.3, 0.4) is 0 Å². The van der Waals surface area contributed by atoms with Gasteiger partial charge in [0.05, 0.1) is 0 Å². The van der Waals surface area contributed by atoms with Gasteiger partial charge in [0.2, 0.25) is 0 Å². The molecule has 0 aromatic carbocycles. The standard InChI is InChI=1S/2ClH.Fe.NO/c;;;1-2/h2*1H;;/q;;+3;-1/p-2. The SMILES string of the molecule is [Cl-].[Cl-].[Fe+3].[N-]=O. The fraction of sp³-hybridized carbons (Fsp3) is 0. The van der Waals surface area contributed by atoms with Crippen LogP contribution in [-0.4, -0.2) is 0 Å². The fourth-order valence-electron chi connectivity index (χ4n) is 0. The molecule has 33 valence electrons. The molecule has 2 nitrogen and oxygen atoms in total. The molecular formula is Cl2FeNO. The zero-order valence-corrected chi connectivity index (χ0v) is 4.58. The van der Waals surface area contributed by atoms with Crippen LogP contribution >= 0.6 is 0 Å². The summed E-state index contributed by atoms with van der Waals surface area (Å²) in [6, 6.07) is 0. The maximum Gasteiger partial charge on any atom is 3.00 e. The number of nitrogens with zero attached hydrogens (tertiary/aromatic N) is 1. The summed E-state index contributed by atoms with van der Waals surface area (Å²) < 4.78 is 0. The summed E-state index contributed by atoms with van der Waals surface area (Å²) in [6.07, 6.45) is 0. The Morgan fingerprint density at radius 2 is 1.00 bits per heavy atom. The molecule has 0 unspecified atom stereocenters. The molecule has 0 amide bonds. The van der Waals surface area contributed by atoms with Gasteiger partial charge in [-0.3, -0.25) is 0 Å². The number of halogens is 2. The minimum Gasteiger partial charge on any atom is -1.00 e. The summed E-state index contributed by atoms with van der Waals surface area (Å²) in [7, 11) is 0. The van der Waals surface area contributed by atoms with Crippen LogP contribution < -0.4 is 24.8 Å². The van der Waals surface area contributed by atoms with Crippen molar-refractivity contribution >= 4 is 0 Å². The zero-order valence-electron chi connectivity index (χ0n) is 1.96. The van der Waals surface area contributed by atoms with E-state index in [1.807, 2.05) is 0 Å². The topological polar surface area (TPSA) is 39.4 Å². The summed E-state index contributed by atoms with van der Waals surface area (Å²) in [5.41, 5.74) is 5.75. The van der Waals surface area contributed by atoms with E-state index in [9.17, 15) is 0 Å². The summed E-state index contributed by atoms with van der Waals surface area (Å²) in [6.45, 7) is 0. The summed E-state index contributed by atoms with van der Waals surface area (Å²) in [5, 5.41) is 0. The molecular weight excluding hydrogens is 157 g/mol. The first-order valence-corrected chi connectivity index (χ1v) is 0.183. The molecule has 5 heteroatoms. The van der Waals surface area contributed by atoms with Crippen molar-refractivity contribution in [1.82, 2.24) is 0 Å². The molecule has 0 aliphatic heterocycles. The Kier molecular flexibility index (Phi) is 1150. The predicted molar refractivity (Wildman–Crippen MR) is 6.73 cm³/mol. The second-order valence-electron chi connectivity index (χ2n) is 0. The third kappa shape index (κ3) is 70.0. The number of hydrogen-bond donors (Lipinski definition) is 0. The van der Waals surface area contributed by atoms with Crippen molar-refractivity contribution in [2.24, 2.45) is 0 Å². The smallest absolute Gasteiger partial charge is 1.00 e. The fourth-order valence-corrected chi connectivity index (χ4v) is 0. The van der Waals surface area contributed by atoms with Gasteiger partial charge in [-0.05, 0) is 0 Å². The van der Waals surface area contributed by atoms with E-state index in [0.717, 1.165) is 0 Å². The minimum atomic E-state index is 0. The molecule has 0 aromatic rings. The van der Waals surface area contributed by atoms with Gasteiger partial charge in [-0.15, -0.1) is 0 Å². The number of rotatable bonds is 0. The van der Waals surface area contributed by atoms with Gasteiger partial charge in [0.1, 0.15) is 0 Å². The summed E-state index contributed by atoms with van der Waals surface area (Å²) in [4.78, 5) is 7.25. The van der Waals surface area contributed by atoms with Gasteiger partial charge in [0, 0.05) is 0 Å². The quantitative estimate of drug-likeness (QED) is 0.323. The van der Waals surface area contributed by atoms with Crippen molar-refractivity contribution in [2.45, 2.75) is 0 Å². The molecule has 0 atom stereocenters. The van der Waals surface area contributed by atoms with Gasteiger partial charge >= 0.3 is 17.1 Å². The van der Waals surface area contributed by atoms with E-state index in [4.69, 9.17) is 10.5 Å². The Hall–Kier alpha value is 0.699. The molecule has 0 aliphatic carbocycles. The van der Waals surface area contributed by atoms with Crippen LogP contribution in [0.1, 0.15) is 0 Å². The first-order valence-electron chi connectivity index (χ1n) is 0.183. The third-order valence-corrected chi connectivity index (χ3v) is 0. The Labute approximate surface area is 52.8 Å². The minimum absolute atomic E-state index is 0. The van der Waals surface area contributed by atoms with Crippen LogP contribution in [0.5, 0.6) is 0 Å². The molecule has 0 aliphatic rings. The maximum absolute atomic E-state index is 7.25. The van der Waals surface area contributed by atoms with Crippen LogP contribution in [0.2, 0.25) is 0 Å².